The van der Waals surface area contributed by atoms with E-state index in [1.165, 1.54) is 11.3 Å². The lowest BCUT2D eigenvalue weighted by Crippen LogP contribution is -2.45. The van der Waals surface area contributed by atoms with Crippen LogP contribution in [0.4, 0.5) is 5.69 Å². The van der Waals surface area contributed by atoms with Crippen molar-refractivity contribution in [1.29, 1.82) is 0 Å². The van der Waals surface area contributed by atoms with Crippen molar-refractivity contribution >= 4 is 30.5 Å². The average Bonchev–Trinajstić information content (AvgIpc) is 2.57. The molecule has 2 aromatic rings. The molecule has 3 rings (SSSR count). The van der Waals surface area contributed by atoms with Gasteiger partial charge in [0.2, 0.25) is 0 Å². The van der Waals surface area contributed by atoms with Crippen molar-refractivity contribution in [3.8, 4) is 5.75 Å². The van der Waals surface area contributed by atoms with E-state index in [1.54, 1.807) is 7.11 Å². The molecule has 0 aromatic heterocycles. The zero-order valence-electron chi connectivity index (χ0n) is 13.4. The van der Waals surface area contributed by atoms with Crippen molar-refractivity contribution in [3.05, 3.63) is 60.2 Å². The first kappa shape index (κ1) is 19.6. The first-order chi connectivity index (χ1) is 10.3. The molecule has 1 heterocycles. The van der Waals surface area contributed by atoms with Gasteiger partial charge in [-0.05, 0) is 29.8 Å². The van der Waals surface area contributed by atoms with E-state index in [0.29, 0.717) is 0 Å². The van der Waals surface area contributed by atoms with Crippen LogP contribution < -0.4 is 9.64 Å². The molecule has 0 amide bonds. The number of piperazine rings is 1. The van der Waals surface area contributed by atoms with Crippen LogP contribution in [-0.2, 0) is 6.54 Å². The summed E-state index contributed by atoms with van der Waals surface area (Å²) in [7, 11) is 1.71. The minimum atomic E-state index is 0. The van der Waals surface area contributed by atoms with E-state index in [0.717, 1.165) is 38.5 Å². The highest BCUT2D eigenvalue weighted by Crippen LogP contribution is 2.20. The quantitative estimate of drug-likeness (QED) is 0.828. The highest BCUT2D eigenvalue weighted by Gasteiger charge is 2.17. The molecule has 0 N–H and O–H groups in total. The summed E-state index contributed by atoms with van der Waals surface area (Å²) in [6.07, 6.45) is 0. The fourth-order valence-corrected chi connectivity index (χ4v) is 2.80. The molecule has 1 saturated heterocycles. The van der Waals surface area contributed by atoms with Crippen LogP contribution in [0.25, 0.3) is 0 Å². The second-order valence-corrected chi connectivity index (χ2v) is 5.45. The highest BCUT2D eigenvalue weighted by atomic mass is 35.5. The lowest BCUT2D eigenvalue weighted by Gasteiger charge is -2.36. The van der Waals surface area contributed by atoms with Gasteiger partial charge in [-0.15, -0.1) is 24.8 Å². The number of hydrogen-bond donors (Lipinski definition) is 0. The van der Waals surface area contributed by atoms with Gasteiger partial charge in [-0.2, -0.15) is 0 Å². The van der Waals surface area contributed by atoms with Crippen molar-refractivity contribution in [3.63, 3.8) is 0 Å². The van der Waals surface area contributed by atoms with Gasteiger partial charge in [0.05, 0.1) is 7.11 Å². The standard InChI is InChI=1S/C18H22N2O.2ClH/c1-21-18-9-7-17(8-10-18)20-13-11-19(12-14-20)15-16-5-3-2-4-6-16;;/h2-10H,11-15H2,1H3;2*1H. The summed E-state index contributed by atoms with van der Waals surface area (Å²) in [5, 5.41) is 0. The molecule has 0 radical (unpaired) electrons. The van der Waals surface area contributed by atoms with Crippen molar-refractivity contribution < 1.29 is 4.74 Å². The predicted octanol–water partition coefficient (Wildman–Crippen LogP) is 3.86. The normalized spacial score (nSPS) is 14.6. The first-order valence-corrected chi connectivity index (χ1v) is 7.50. The Kier molecular flexibility index (Phi) is 8.24. The van der Waals surface area contributed by atoms with Crippen LogP contribution in [0.1, 0.15) is 5.56 Å². The van der Waals surface area contributed by atoms with Gasteiger partial charge in [0.25, 0.3) is 0 Å². The molecular weight excluding hydrogens is 331 g/mol. The topological polar surface area (TPSA) is 15.7 Å². The van der Waals surface area contributed by atoms with Crippen molar-refractivity contribution in [2.75, 3.05) is 38.2 Å². The van der Waals surface area contributed by atoms with Gasteiger partial charge in [-0.1, -0.05) is 30.3 Å². The van der Waals surface area contributed by atoms with Crippen molar-refractivity contribution in [1.82, 2.24) is 4.90 Å². The summed E-state index contributed by atoms with van der Waals surface area (Å²) in [6.45, 7) is 5.44. The molecule has 0 atom stereocenters. The molecule has 5 heteroatoms. The second-order valence-electron chi connectivity index (χ2n) is 5.45. The molecule has 0 bridgehead atoms. The molecule has 2 aromatic carbocycles. The molecule has 0 saturated carbocycles. The first-order valence-electron chi connectivity index (χ1n) is 7.50. The Balaban J connectivity index is 0.00000132. The smallest absolute Gasteiger partial charge is 0.119 e. The molecule has 1 aliphatic heterocycles. The molecule has 0 aliphatic carbocycles. The maximum absolute atomic E-state index is 5.21. The lowest BCUT2D eigenvalue weighted by atomic mass is 10.2. The van der Waals surface area contributed by atoms with E-state index < -0.39 is 0 Å². The number of rotatable bonds is 4. The molecule has 1 aliphatic rings. The van der Waals surface area contributed by atoms with Gasteiger partial charge in [-0.25, -0.2) is 0 Å². The van der Waals surface area contributed by atoms with Gasteiger partial charge in [0, 0.05) is 38.4 Å². The minimum absolute atomic E-state index is 0. The van der Waals surface area contributed by atoms with E-state index >= 15 is 0 Å². The summed E-state index contributed by atoms with van der Waals surface area (Å²) < 4.78 is 5.21. The molecule has 0 spiro atoms. The highest BCUT2D eigenvalue weighted by molar-refractivity contribution is 5.85. The van der Waals surface area contributed by atoms with Gasteiger partial charge in [0.1, 0.15) is 5.75 Å². The fraction of sp³-hybridized carbons (Fsp3) is 0.333. The van der Waals surface area contributed by atoms with Crippen LogP contribution >= 0.6 is 24.8 Å². The Labute approximate surface area is 151 Å². The largest absolute Gasteiger partial charge is 0.497 e. The van der Waals surface area contributed by atoms with Crippen LogP contribution in [-0.4, -0.2) is 38.2 Å². The number of ether oxygens (including phenoxy) is 1. The van der Waals surface area contributed by atoms with E-state index in [9.17, 15) is 0 Å². The summed E-state index contributed by atoms with van der Waals surface area (Å²) >= 11 is 0. The molecule has 126 valence electrons. The van der Waals surface area contributed by atoms with Crippen LogP contribution in [0.2, 0.25) is 0 Å². The number of benzene rings is 2. The molecule has 1 fully saturated rings. The van der Waals surface area contributed by atoms with Crippen LogP contribution in [0, 0.1) is 0 Å². The number of anilines is 1. The van der Waals surface area contributed by atoms with E-state index in [-0.39, 0.29) is 24.8 Å². The Hall–Kier alpha value is -1.42. The van der Waals surface area contributed by atoms with Gasteiger partial charge < -0.3 is 9.64 Å². The van der Waals surface area contributed by atoms with Crippen LogP contribution in [0.15, 0.2) is 54.6 Å². The lowest BCUT2D eigenvalue weighted by molar-refractivity contribution is 0.250. The maximum atomic E-state index is 5.21. The van der Waals surface area contributed by atoms with Crippen molar-refractivity contribution in [2.45, 2.75) is 6.54 Å². The Morgan fingerprint density at radius 1 is 0.826 bits per heavy atom. The van der Waals surface area contributed by atoms with Gasteiger partial charge in [0.15, 0.2) is 0 Å². The van der Waals surface area contributed by atoms with E-state index in [1.807, 2.05) is 12.1 Å². The third-order valence-electron chi connectivity index (χ3n) is 4.06. The number of halogens is 2. The summed E-state index contributed by atoms with van der Waals surface area (Å²) in [4.78, 5) is 4.97. The Morgan fingerprint density at radius 2 is 1.43 bits per heavy atom. The van der Waals surface area contributed by atoms with E-state index in [4.69, 9.17) is 4.74 Å². The van der Waals surface area contributed by atoms with Crippen LogP contribution in [0.3, 0.4) is 0 Å². The number of methoxy groups -OCH3 is 1. The zero-order valence-corrected chi connectivity index (χ0v) is 15.0. The van der Waals surface area contributed by atoms with Gasteiger partial charge in [-0.3, -0.25) is 4.90 Å². The average molecular weight is 355 g/mol. The predicted molar refractivity (Wildman–Crippen MR) is 101 cm³/mol. The summed E-state index contributed by atoms with van der Waals surface area (Å²) in [5.74, 6) is 0.918. The summed E-state index contributed by atoms with van der Waals surface area (Å²) in [5.41, 5.74) is 2.69. The third kappa shape index (κ3) is 5.31. The zero-order chi connectivity index (χ0) is 14.5. The van der Waals surface area contributed by atoms with Gasteiger partial charge >= 0.3 is 0 Å². The second kappa shape index (κ2) is 9.66. The molecule has 0 unspecified atom stereocenters. The Morgan fingerprint density at radius 3 is 2.00 bits per heavy atom. The van der Waals surface area contributed by atoms with Crippen molar-refractivity contribution in [2.24, 2.45) is 0 Å². The van der Waals surface area contributed by atoms with E-state index in [2.05, 4.69) is 52.3 Å². The molecular formula is C18H24Cl2N2O. The number of nitrogens with zero attached hydrogens (tertiary/aromatic N) is 2. The third-order valence-corrected chi connectivity index (χ3v) is 4.06. The SMILES string of the molecule is COc1ccc(N2CCN(Cc3ccccc3)CC2)cc1.Cl.Cl. The van der Waals surface area contributed by atoms with Crippen LogP contribution in [0.5, 0.6) is 5.75 Å². The molecule has 3 nitrogen and oxygen atoms in total. The Bertz CT molecular complexity index is 555. The molecule has 23 heavy (non-hydrogen) atoms. The summed E-state index contributed by atoms with van der Waals surface area (Å²) in [6, 6.07) is 19.1. The monoisotopic (exact) mass is 354 g/mol. The fourth-order valence-electron chi connectivity index (χ4n) is 2.80. The minimum Gasteiger partial charge on any atom is -0.497 e. The maximum Gasteiger partial charge on any atom is 0.119 e. The number of hydrogen-bond acceptors (Lipinski definition) is 3.